The molecule has 0 fully saturated rings. The van der Waals surface area contributed by atoms with Crippen molar-refractivity contribution in [2.75, 3.05) is 53.6 Å². The molecular formula is C12H30ClNO4Si. The van der Waals surface area contributed by atoms with Gasteiger partial charge in [-0.3, -0.25) is 0 Å². The van der Waals surface area contributed by atoms with Crippen LogP contribution in [0.2, 0.25) is 6.04 Å². The highest BCUT2D eigenvalue weighted by Gasteiger charge is 2.42. The van der Waals surface area contributed by atoms with E-state index in [1.54, 1.807) is 0 Å². The topological polar surface area (TPSA) is 47.9 Å². The number of quaternary nitrogens is 1. The number of nitrogens with zero attached hydrogens (tertiary/aromatic N) is 1. The van der Waals surface area contributed by atoms with Gasteiger partial charge in [-0.15, -0.1) is 0 Å². The zero-order valence-electron chi connectivity index (χ0n) is 12.9. The largest absolute Gasteiger partial charge is 1.00 e. The van der Waals surface area contributed by atoms with Gasteiger partial charge >= 0.3 is 8.80 Å². The molecule has 0 amide bonds. The third kappa shape index (κ3) is 8.96. The predicted molar refractivity (Wildman–Crippen MR) is 74.4 cm³/mol. The first-order valence-corrected chi connectivity index (χ1v) is 8.73. The van der Waals surface area contributed by atoms with Crippen LogP contribution in [0.4, 0.5) is 0 Å². The zero-order valence-corrected chi connectivity index (χ0v) is 14.7. The normalized spacial score (nSPS) is 12.3. The quantitative estimate of drug-likeness (QED) is 0.358. The molecule has 0 aliphatic rings. The second-order valence-corrected chi connectivity index (χ2v) is 7.57. The third-order valence-electron chi connectivity index (χ3n) is 2.82. The van der Waals surface area contributed by atoms with Gasteiger partial charge in [0.05, 0.1) is 33.3 Å². The summed E-state index contributed by atoms with van der Waals surface area (Å²) in [4.78, 5) is 0. The zero-order chi connectivity index (χ0) is 14.1. The Morgan fingerprint density at radius 1 is 0.895 bits per heavy atom. The van der Waals surface area contributed by atoms with E-state index in [0.29, 0.717) is 19.8 Å². The summed E-state index contributed by atoms with van der Waals surface area (Å²) in [6.07, 6.45) is 0. The van der Waals surface area contributed by atoms with Crippen molar-refractivity contribution in [1.82, 2.24) is 0 Å². The summed E-state index contributed by atoms with van der Waals surface area (Å²) in [5, 5.41) is 9.04. The van der Waals surface area contributed by atoms with Crippen molar-refractivity contribution in [3.05, 3.63) is 0 Å². The molecule has 1 N–H and O–H groups in total. The average Bonchev–Trinajstić information content (AvgIpc) is 2.28. The van der Waals surface area contributed by atoms with Gasteiger partial charge in [-0.05, 0) is 20.8 Å². The molecule has 0 radical (unpaired) electrons. The van der Waals surface area contributed by atoms with Gasteiger partial charge in [0.2, 0.25) is 0 Å². The van der Waals surface area contributed by atoms with E-state index in [1.807, 2.05) is 20.8 Å². The van der Waals surface area contributed by atoms with Gasteiger partial charge in [-0.2, -0.15) is 0 Å². The second kappa shape index (κ2) is 11.0. The van der Waals surface area contributed by atoms with Gasteiger partial charge in [-0.25, -0.2) is 0 Å². The van der Waals surface area contributed by atoms with Crippen molar-refractivity contribution in [1.29, 1.82) is 0 Å². The lowest BCUT2D eigenvalue weighted by Gasteiger charge is -2.34. The van der Waals surface area contributed by atoms with Crippen molar-refractivity contribution in [2.45, 2.75) is 26.8 Å². The second-order valence-electron chi connectivity index (χ2n) is 4.84. The third-order valence-corrected chi connectivity index (χ3v) is 5.84. The van der Waals surface area contributed by atoms with E-state index < -0.39 is 8.80 Å². The van der Waals surface area contributed by atoms with E-state index in [1.165, 1.54) is 0 Å². The molecule has 0 aliphatic heterocycles. The predicted octanol–water partition coefficient (Wildman–Crippen LogP) is -1.89. The molecule has 5 nitrogen and oxygen atoms in total. The molecule has 0 spiro atoms. The molecule has 0 heterocycles. The van der Waals surface area contributed by atoms with Crippen LogP contribution in [0.25, 0.3) is 0 Å². The standard InChI is InChI=1S/C12H30NO4Si.ClH/c1-6-15-18(16-7-2,17-8-3)12-10-13(4,5)9-11-14;/h14H,6-12H2,1-5H3;1H/q+1;/p-1. The van der Waals surface area contributed by atoms with Gasteiger partial charge in [0.15, 0.2) is 0 Å². The smallest absolute Gasteiger partial charge is 0.506 e. The molecule has 7 heteroatoms. The van der Waals surface area contributed by atoms with Gasteiger partial charge in [0, 0.05) is 19.8 Å². The maximum atomic E-state index is 9.04. The van der Waals surface area contributed by atoms with Crippen LogP contribution < -0.4 is 12.4 Å². The molecule has 0 aliphatic carbocycles. The number of rotatable bonds is 11. The number of likely N-dealkylation sites (N-methyl/N-ethyl adjacent to an activating group) is 1. The van der Waals surface area contributed by atoms with E-state index >= 15 is 0 Å². The summed E-state index contributed by atoms with van der Waals surface area (Å²) in [5.41, 5.74) is 0. The van der Waals surface area contributed by atoms with Crippen LogP contribution in [0.3, 0.4) is 0 Å². The first kappa shape index (κ1) is 21.6. The highest BCUT2D eigenvalue weighted by molar-refractivity contribution is 6.60. The van der Waals surface area contributed by atoms with Crippen molar-refractivity contribution >= 4 is 8.80 Å². The van der Waals surface area contributed by atoms with Gasteiger partial charge in [-0.1, -0.05) is 0 Å². The molecule has 0 aromatic rings. The molecule has 0 aromatic heterocycles. The Balaban J connectivity index is 0. The van der Waals surface area contributed by atoms with Crippen molar-refractivity contribution in [2.24, 2.45) is 0 Å². The average molecular weight is 316 g/mol. The van der Waals surface area contributed by atoms with Crippen LogP contribution in [0.15, 0.2) is 0 Å². The molecule has 118 valence electrons. The van der Waals surface area contributed by atoms with Gasteiger partial charge in [0.1, 0.15) is 6.54 Å². The fourth-order valence-electron chi connectivity index (χ4n) is 1.82. The lowest BCUT2D eigenvalue weighted by molar-refractivity contribution is -0.888. The van der Waals surface area contributed by atoms with E-state index in [2.05, 4.69) is 14.1 Å². The summed E-state index contributed by atoms with van der Waals surface area (Å²) in [6.45, 7) is 9.54. The van der Waals surface area contributed by atoms with Crippen molar-refractivity contribution in [3.8, 4) is 0 Å². The monoisotopic (exact) mass is 315 g/mol. The Bertz CT molecular complexity index is 203. The van der Waals surface area contributed by atoms with Gasteiger partial charge in [0.25, 0.3) is 0 Å². The minimum Gasteiger partial charge on any atom is -1.00 e. The highest BCUT2D eigenvalue weighted by Crippen LogP contribution is 2.18. The molecule has 0 atom stereocenters. The maximum Gasteiger partial charge on any atom is 0.506 e. The van der Waals surface area contributed by atoms with Crippen LogP contribution in [0.5, 0.6) is 0 Å². The Labute approximate surface area is 125 Å². The molecule has 0 bridgehead atoms. The number of hydrogen-bond acceptors (Lipinski definition) is 4. The van der Waals surface area contributed by atoms with Crippen LogP contribution in [-0.4, -0.2) is 72.0 Å². The fourth-order valence-corrected chi connectivity index (χ4v) is 4.71. The molecule has 19 heavy (non-hydrogen) atoms. The first-order chi connectivity index (χ1) is 8.45. The number of hydrogen-bond donors (Lipinski definition) is 1. The molecule has 0 rings (SSSR count). The SMILES string of the molecule is CCO[Si](CC[N+](C)(C)CCO)(OCC)OCC.[Cl-]. The van der Waals surface area contributed by atoms with E-state index in [9.17, 15) is 0 Å². The van der Waals surface area contributed by atoms with Crippen LogP contribution in [-0.2, 0) is 13.3 Å². The van der Waals surface area contributed by atoms with E-state index in [4.69, 9.17) is 18.4 Å². The Hall–Kier alpha value is 0.307. The summed E-state index contributed by atoms with van der Waals surface area (Å²) in [6, 6.07) is 0.787. The molecule has 0 unspecified atom stereocenters. The summed E-state index contributed by atoms with van der Waals surface area (Å²) in [5.74, 6) is 0. The summed E-state index contributed by atoms with van der Waals surface area (Å²) in [7, 11) is 1.66. The fraction of sp³-hybridized carbons (Fsp3) is 1.00. The van der Waals surface area contributed by atoms with E-state index in [-0.39, 0.29) is 19.0 Å². The van der Waals surface area contributed by atoms with Crippen LogP contribution >= 0.6 is 0 Å². The first-order valence-electron chi connectivity index (χ1n) is 6.80. The molecular weight excluding hydrogens is 286 g/mol. The van der Waals surface area contributed by atoms with Gasteiger partial charge < -0.3 is 35.3 Å². The van der Waals surface area contributed by atoms with E-state index in [0.717, 1.165) is 23.6 Å². The summed E-state index contributed by atoms with van der Waals surface area (Å²) < 4.78 is 18.2. The minimum atomic E-state index is -2.53. The van der Waals surface area contributed by atoms with Crippen molar-refractivity contribution < 1.29 is 35.3 Å². The number of aliphatic hydroxyl groups is 1. The Kier molecular flexibility index (Phi) is 12.5. The van der Waals surface area contributed by atoms with Crippen LogP contribution in [0.1, 0.15) is 20.8 Å². The van der Waals surface area contributed by atoms with Crippen LogP contribution in [0, 0.1) is 0 Å². The Morgan fingerprint density at radius 3 is 1.63 bits per heavy atom. The highest BCUT2D eigenvalue weighted by atomic mass is 35.5. The molecule has 0 aromatic carbocycles. The molecule has 0 saturated carbocycles. The minimum absolute atomic E-state index is 0. The lowest BCUT2D eigenvalue weighted by atomic mass is 10.4. The number of aliphatic hydroxyl groups excluding tert-OH is 1. The lowest BCUT2D eigenvalue weighted by Crippen LogP contribution is -3.00. The summed E-state index contributed by atoms with van der Waals surface area (Å²) >= 11 is 0. The number of halogens is 1. The molecule has 0 saturated heterocycles. The Morgan fingerprint density at radius 2 is 1.32 bits per heavy atom. The van der Waals surface area contributed by atoms with Crippen molar-refractivity contribution in [3.63, 3.8) is 0 Å². The maximum absolute atomic E-state index is 9.04.